The van der Waals surface area contributed by atoms with E-state index in [1.165, 1.54) is 24.4 Å². The number of amides is 1. The zero-order chi connectivity index (χ0) is 21.7. The number of benzene rings is 1. The number of anilines is 1. The van der Waals surface area contributed by atoms with Gasteiger partial charge in [0, 0.05) is 6.20 Å². The van der Waals surface area contributed by atoms with Gasteiger partial charge in [-0.1, -0.05) is 35.3 Å². The molecule has 0 saturated heterocycles. The lowest BCUT2D eigenvalue weighted by Gasteiger charge is -2.13. The normalized spacial score (nSPS) is 10.4. The third-order valence-electron chi connectivity index (χ3n) is 3.93. The lowest BCUT2D eigenvalue weighted by atomic mass is 10.2. The highest BCUT2D eigenvalue weighted by atomic mass is 35.5. The second kappa shape index (κ2) is 9.56. The average Bonchev–Trinajstić information content (AvgIpc) is 2.71. The van der Waals surface area contributed by atoms with E-state index in [9.17, 15) is 9.59 Å². The van der Waals surface area contributed by atoms with Gasteiger partial charge in [0.25, 0.3) is 5.91 Å². The number of hydrogen-bond donors (Lipinski definition) is 1. The Kier molecular flexibility index (Phi) is 6.87. The fraction of sp³-hybridized carbons (Fsp3) is 0.143. The number of nitrogens with one attached hydrogen (secondary N) is 1. The molecule has 154 valence electrons. The molecule has 30 heavy (non-hydrogen) atoms. The number of aromatic nitrogens is 2. The van der Waals surface area contributed by atoms with Gasteiger partial charge in [-0.15, -0.1) is 0 Å². The average molecular weight is 446 g/mol. The van der Waals surface area contributed by atoms with Crippen LogP contribution in [0.4, 0.5) is 5.69 Å². The molecule has 3 aromatic rings. The number of carbonyl (C=O) groups is 2. The Bertz CT molecular complexity index is 1110. The summed E-state index contributed by atoms with van der Waals surface area (Å²) in [6, 6.07) is 11.3. The van der Waals surface area contributed by atoms with Crippen LogP contribution in [0.15, 0.2) is 48.7 Å². The largest absolute Gasteiger partial charge is 0.462 e. The number of halogens is 2. The van der Waals surface area contributed by atoms with Crippen molar-refractivity contribution in [2.75, 3.05) is 11.9 Å². The van der Waals surface area contributed by atoms with Crippen LogP contribution >= 0.6 is 23.2 Å². The van der Waals surface area contributed by atoms with E-state index in [4.69, 9.17) is 32.7 Å². The summed E-state index contributed by atoms with van der Waals surface area (Å²) in [5.41, 5.74) is 1.23. The van der Waals surface area contributed by atoms with Gasteiger partial charge >= 0.3 is 5.97 Å². The van der Waals surface area contributed by atoms with Crippen LogP contribution in [0.25, 0.3) is 0 Å². The standard InChI is InChI=1S/C21H17Cl2N3O4/c1-3-29-21(28)14-8-9-17(25-12(14)2)19(27)26-16-6-4-5-7-18(16)30-20-15(23)10-13(22)11-24-20/h4-11H,3H2,1-2H3,(H,26,27). The lowest BCUT2D eigenvalue weighted by molar-refractivity contribution is 0.0524. The molecule has 0 aliphatic heterocycles. The van der Waals surface area contributed by atoms with Crippen LogP contribution in [-0.4, -0.2) is 28.5 Å². The molecule has 0 spiro atoms. The molecule has 0 aliphatic rings. The zero-order valence-corrected chi connectivity index (χ0v) is 17.6. The van der Waals surface area contributed by atoms with E-state index >= 15 is 0 Å². The predicted molar refractivity (Wildman–Crippen MR) is 114 cm³/mol. The SMILES string of the molecule is CCOC(=O)c1ccc(C(=O)Nc2ccccc2Oc2ncc(Cl)cc2Cl)nc1C. The van der Waals surface area contributed by atoms with E-state index < -0.39 is 11.9 Å². The molecule has 2 heterocycles. The van der Waals surface area contributed by atoms with Crippen molar-refractivity contribution >= 4 is 40.8 Å². The highest BCUT2D eigenvalue weighted by molar-refractivity contribution is 6.35. The molecular weight excluding hydrogens is 429 g/mol. The number of ether oxygens (including phenoxy) is 2. The summed E-state index contributed by atoms with van der Waals surface area (Å²) in [5.74, 6) is -0.474. The smallest absolute Gasteiger partial charge is 0.339 e. The van der Waals surface area contributed by atoms with Crippen molar-refractivity contribution < 1.29 is 19.1 Å². The zero-order valence-electron chi connectivity index (χ0n) is 16.1. The lowest BCUT2D eigenvalue weighted by Crippen LogP contribution is -2.16. The summed E-state index contributed by atoms with van der Waals surface area (Å²) in [6.07, 6.45) is 1.40. The Balaban J connectivity index is 1.81. The van der Waals surface area contributed by atoms with Gasteiger partial charge in [0.2, 0.25) is 5.88 Å². The number of hydrogen-bond acceptors (Lipinski definition) is 6. The van der Waals surface area contributed by atoms with Crippen molar-refractivity contribution in [1.82, 2.24) is 9.97 Å². The molecule has 3 rings (SSSR count). The van der Waals surface area contributed by atoms with E-state index in [0.717, 1.165) is 0 Å². The summed E-state index contributed by atoms with van der Waals surface area (Å²) in [7, 11) is 0. The van der Waals surface area contributed by atoms with Crippen molar-refractivity contribution in [1.29, 1.82) is 0 Å². The number of carbonyl (C=O) groups excluding carboxylic acids is 2. The maximum absolute atomic E-state index is 12.7. The molecule has 0 atom stereocenters. The molecule has 0 bridgehead atoms. The van der Waals surface area contributed by atoms with Crippen molar-refractivity contribution in [2.45, 2.75) is 13.8 Å². The first-order chi connectivity index (χ1) is 14.4. The van der Waals surface area contributed by atoms with Crippen molar-refractivity contribution in [2.24, 2.45) is 0 Å². The van der Waals surface area contributed by atoms with Crippen LogP contribution < -0.4 is 10.1 Å². The second-order valence-corrected chi connectivity index (χ2v) is 6.89. The molecule has 0 radical (unpaired) electrons. The maximum atomic E-state index is 12.7. The van der Waals surface area contributed by atoms with Gasteiger partial charge in [-0.3, -0.25) is 4.79 Å². The summed E-state index contributed by atoms with van der Waals surface area (Å²) in [5, 5.41) is 3.35. The summed E-state index contributed by atoms with van der Waals surface area (Å²) in [4.78, 5) is 32.8. The Morgan fingerprint density at radius 3 is 2.60 bits per heavy atom. The molecule has 2 aromatic heterocycles. The first kappa shape index (κ1) is 21.5. The van der Waals surface area contributed by atoms with Gasteiger partial charge < -0.3 is 14.8 Å². The Morgan fingerprint density at radius 1 is 1.13 bits per heavy atom. The molecule has 1 N–H and O–H groups in total. The predicted octanol–water partition coefficient (Wildman–Crippen LogP) is 5.31. The molecule has 0 fully saturated rings. The van der Waals surface area contributed by atoms with Crippen molar-refractivity contribution in [3.05, 3.63) is 75.7 Å². The topological polar surface area (TPSA) is 90.4 Å². The molecule has 0 saturated carbocycles. The van der Waals surface area contributed by atoms with Crippen LogP contribution in [0.3, 0.4) is 0 Å². The van der Waals surface area contributed by atoms with E-state index in [1.807, 2.05) is 0 Å². The van der Waals surface area contributed by atoms with Gasteiger partial charge in [-0.2, -0.15) is 0 Å². The van der Waals surface area contributed by atoms with Crippen LogP contribution in [0.1, 0.15) is 33.5 Å². The number of rotatable bonds is 6. The Labute approximate surface area is 183 Å². The molecular formula is C21H17Cl2N3O4. The fourth-order valence-electron chi connectivity index (χ4n) is 2.54. The highest BCUT2D eigenvalue weighted by Crippen LogP contribution is 2.33. The second-order valence-electron chi connectivity index (χ2n) is 6.04. The number of aryl methyl sites for hydroxylation is 1. The quantitative estimate of drug-likeness (QED) is 0.516. The first-order valence-corrected chi connectivity index (χ1v) is 9.68. The number of para-hydroxylation sites is 2. The minimum Gasteiger partial charge on any atom is -0.462 e. The number of esters is 1. The van der Waals surface area contributed by atoms with Gasteiger partial charge in [-0.25, -0.2) is 14.8 Å². The van der Waals surface area contributed by atoms with Crippen molar-refractivity contribution in [3.63, 3.8) is 0 Å². The van der Waals surface area contributed by atoms with E-state index in [2.05, 4.69) is 15.3 Å². The van der Waals surface area contributed by atoms with Crippen LogP contribution in [0.5, 0.6) is 11.6 Å². The molecule has 1 aromatic carbocycles. The maximum Gasteiger partial charge on any atom is 0.339 e. The van der Waals surface area contributed by atoms with Crippen LogP contribution in [0.2, 0.25) is 10.0 Å². The van der Waals surface area contributed by atoms with E-state index in [-0.39, 0.29) is 23.2 Å². The minimum atomic E-state index is -0.486. The first-order valence-electron chi connectivity index (χ1n) is 8.93. The van der Waals surface area contributed by atoms with E-state index in [1.54, 1.807) is 38.1 Å². The summed E-state index contributed by atoms with van der Waals surface area (Å²) < 4.78 is 10.7. The van der Waals surface area contributed by atoms with Gasteiger partial charge in [0.05, 0.1) is 28.6 Å². The van der Waals surface area contributed by atoms with Gasteiger partial charge in [0.1, 0.15) is 10.7 Å². The molecule has 1 amide bonds. The fourth-order valence-corrected chi connectivity index (χ4v) is 2.96. The van der Waals surface area contributed by atoms with Gasteiger partial charge in [-0.05, 0) is 44.2 Å². The summed E-state index contributed by atoms with van der Waals surface area (Å²) >= 11 is 12.0. The Morgan fingerprint density at radius 2 is 1.90 bits per heavy atom. The number of pyridine rings is 2. The minimum absolute atomic E-state index is 0.137. The Hall–Kier alpha value is -3.16. The highest BCUT2D eigenvalue weighted by Gasteiger charge is 2.17. The van der Waals surface area contributed by atoms with Crippen LogP contribution in [0, 0.1) is 6.92 Å². The molecule has 0 aliphatic carbocycles. The molecule has 0 unspecified atom stereocenters. The van der Waals surface area contributed by atoms with Crippen LogP contribution in [-0.2, 0) is 4.74 Å². The van der Waals surface area contributed by atoms with Gasteiger partial charge in [0.15, 0.2) is 5.75 Å². The molecule has 9 heteroatoms. The third-order valence-corrected chi connectivity index (χ3v) is 4.41. The monoisotopic (exact) mass is 445 g/mol. The van der Waals surface area contributed by atoms with E-state index in [0.29, 0.717) is 27.7 Å². The number of nitrogens with zero attached hydrogens (tertiary/aromatic N) is 2. The summed E-state index contributed by atoms with van der Waals surface area (Å²) in [6.45, 7) is 3.60. The molecule has 7 nitrogen and oxygen atoms in total. The third kappa shape index (κ3) is 5.06. The van der Waals surface area contributed by atoms with Crippen molar-refractivity contribution in [3.8, 4) is 11.6 Å².